The molecule has 1 aliphatic rings. The van der Waals surface area contributed by atoms with Crippen molar-refractivity contribution in [3.63, 3.8) is 0 Å². The van der Waals surface area contributed by atoms with Gasteiger partial charge in [-0.1, -0.05) is 27.7 Å². The molecular weight excluding hydrogens is 282 g/mol. The molecule has 2 atom stereocenters. The van der Waals surface area contributed by atoms with Gasteiger partial charge in [-0.25, -0.2) is 0 Å². The van der Waals surface area contributed by atoms with Crippen LogP contribution < -0.4 is 0 Å². The summed E-state index contributed by atoms with van der Waals surface area (Å²) in [4.78, 5) is 37.3. The number of likely N-dealkylation sites (tertiary alicyclic amines) is 1. The molecule has 1 amide bonds. The molecule has 0 aromatic carbocycles. The van der Waals surface area contributed by atoms with Crippen LogP contribution >= 0.6 is 0 Å². The standard InChI is InChI=1S/C17H29NO4/c1-11(2)14-7-8-18(16(14)12(3)19)15(21)9-17(5,6)10-22-13(4)20/h11,14,16H,7-10H2,1-6H3/t14-,16-/m1/s1. The zero-order valence-electron chi connectivity index (χ0n) is 14.6. The molecule has 0 bridgehead atoms. The fourth-order valence-corrected chi connectivity index (χ4v) is 3.17. The molecule has 0 N–H and O–H groups in total. The van der Waals surface area contributed by atoms with Gasteiger partial charge in [0, 0.05) is 25.3 Å². The van der Waals surface area contributed by atoms with E-state index in [1.807, 2.05) is 13.8 Å². The van der Waals surface area contributed by atoms with E-state index < -0.39 is 5.41 Å². The van der Waals surface area contributed by atoms with E-state index in [1.54, 1.807) is 11.8 Å². The molecule has 22 heavy (non-hydrogen) atoms. The summed E-state index contributed by atoms with van der Waals surface area (Å²) in [7, 11) is 0. The van der Waals surface area contributed by atoms with Gasteiger partial charge in [-0.3, -0.25) is 14.4 Å². The van der Waals surface area contributed by atoms with Gasteiger partial charge in [-0.15, -0.1) is 0 Å². The maximum Gasteiger partial charge on any atom is 0.302 e. The number of Topliss-reactive ketones (excluding diaryl/α,β-unsaturated/α-hetero) is 1. The lowest BCUT2D eigenvalue weighted by Crippen LogP contribution is -2.45. The summed E-state index contributed by atoms with van der Waals surface area (Å²) in [6.07, 6.45) is 1.15. The van der Waals surface area contributed by atoms with Gasteiger partial charge in [0.25, 0.3) is 0 Å². The Kier molecular flexibility index (Phi) is 6.15. The number of esters is 1. The van der Waals surface area contributed by atoms with Crippen molar-refractivity contribution < 1.29 is 19.1 Å². The predicted octanol–water partition coefficient (Wildman–Crippen LogP) is 2.43. The van der Waals surface area contributed by atoms with Gasteiger partial charge in [0.2, 0.25) is 5.91 Å². The van der Waals surface area contributed by atoms with Crippen LogP contribution in [-0.4, -0.2) is 41.8 Å². The average Bonchev–Trinajstić information content (AvgIpc) is 2.81. The highest BCUT2D eigenvalue weighted by Gasteiger charge is 2.42. The van der Waals surface area contributed by atoms with Crippen molar-refractivity contribution >= 4 is 17.7 Å². The van der Waals surface area contributed by atoms with E-state index in [2.05, 4.69) is 13.8 Å². The summed E-state index contributed by atoms with van der Waals surface area (Å²) >= 11 is 0. The molecule has 1 heterocycles. The quantitative estimate of drug-likeness (QED) is 0.707. The number of nitrogens with zero attached hydrogens (tertiary/aromatic N) is 1. The lowest BCUT2D eigenvalue weighted by atomic mass is 9.86. The molecular formula is C17H29NO4. The molecule has 0 aromatic rings. The summed E-state index contributed by atoms with van der Waals surface area (Å²) < 4.78 is 5.03. The van der Waals surface area contributed by atoms with Crippen molar-refractivity contribution in [3.05, 3.63) is 0 Å². The highest BCUT2D eigenvalue weighted by Crippen LogP contribution is 2.33. The minimum Gasteiger partial charge on any atom is -0.465 e. The minimum atomic E-state index is -0.431. The second-order valence-electron chi connectivity index (χ2n) is 7.46. The van der Waals surface area contributed by atoms with E-state index in [-0.39, 0.29) is 42.6 Å². The van der Waals surface area contributed by atoms with Crippen LogP contribution in [0.2, 0.25) is 0 Å². The summed E-state index contributed by atoms with van der Waals surface area (Å²) in [5.41, 5.74) is -0.431. The topological polar surface area (TPSA) is 63.7 Å². The highest BCUT2D eigenvalue weighted by atomic mass is 16.5. The Hall–Kier alpha value is -1.39. The maximum atomic E-state index is 12.6. The number of hydrogen-bond donors (Lipinski definition) is 0. The number of hydrogen-bond acceptors (Lipinski definition) is 4. The second-order valence-corrected chi connectivity index (χ2v) is 7.46. The van der Waals surface area contributed by atoms with Gasteiger partial charge in [0.1, 0.15) is 0 Å². The molecule has 1 aliphatic heterocycles. The fourth-order valence-electron chi connectivity index (χ4n) is 3.17. The lowest BCUT2D eigenvalue weighted by Gasteiger charge is -2.31. The number of rotatable bonds is 6. The molecule has 0 unspecified atom stereocenters. The summed E-state index contributed by atoms with van der Waals surface area (Å²) in [5.74, 6) is 0.296. The number of amides is 1. The van der Waals surface area contributed by atoms with Gasteiger partial charge in [0.05, 0.1) is 12.6 Å². The molecule has 0 saturated carbocycles. The van der Waals surface area contributed by atoms with E-state index in [1.165, 1.54) is 6.92 Å². The molecule has 0 aliphatic carbocycles. The Labute approximate surface area is 133 Å². The maximum absolute atomic E-state index is 12.6. The van der Waals surface area contributed by atoms with Crippen molar-refractivity contribution in [2.24, 2.45) is 17.3 Å². The van der Waals surface area contributed by atoms with E-state index in [4.69, 9.17) is 4.74 Å². The third-order valence-corrected chi connectivity index (χ3v) is 4.33. The van der Waals surface area contributed by atoms with E-state index in [0.717, 1.165) is 6.42 Å². The average molecular weight is 311 g/mol. The molecule has 5 nitrogen and oxygen atoms in total. The Balaban J connectivity index is 2.75. The normalized spacial score (nSPS) is 22.0. The Morgan fingerprint density at radius 1 is 1.23 bits per heavy atom. The molecule has 0 spiro atoms. The summed E-state index contributed by atoms with van der Waals surface area (Å²) in [6, 6.07) is -0.308. The number of carbonyl (C=O) groups is 3. The first-order valence-corrected chi connectivity index (χ1v) is 7.98. The molecule has 1 fully saturated rings. The zero-order chi connectivity index (χ0) is 17.1. The summed E-state index contributed by atoms with van der Waals surface area (Å²) in [5, 5.41) is 0. The Bertz CT molecular complexity index is 442. The van der Waals surface area contributed by atoms with E-state index in [9.17, 15) is 14.4 Å². The van der Waals surface area contributed by atoms with Gasteiger partial charge >= 0.3 is 5.97 Å². The van der Waals surface area contributed by atoms with Crippen LogP contribution in [0.5, 0.6) is 0 Å². The molecule has 0 aromatic heterocycles. The molecule has 1 saturated heterocycles. The van der Waals surface area contributed by atoms with Crippen LogP contribution in [0.15, 0.2) is 0 Å². The molecule has 1 rings (SSSR count). The molecule has 126 valence electrons. The predicted molar refractivity (Wildman–Crippen MR) is 84.2 cm³/mol. The third-order valence-electron chi connectivity index (χ3n) is 4.33. The second kappa shape index (κ2) is 7.25. The summed E-state index contributed by atoms with van der Waals surface area (Å²) in [6.45, 7) is 11.8. The van der Waals surface area contributed by atoms with Crippen molar-refractivity contribution in [2.45, 2.75) is 60.4 Å². The number of ether oxygens (including phenoxy) is 1. The number of carbonyl (C=O) groups excluding carboxylic acids is 3. The van der Waals surface area contributed by atoms with E-state index in [0.29, 0.717) is 12.5 Å². The van der Waals surface area contributed by atoms with Gasteiger partial charge in [0.15, 0.2) is 5.78 Å². The minimum absolute atomic E-state index is 0.0273. The third kappa shape index (κ3) is 4.82. The Morgan fingerprint density at radius 3 is 2.27 bits per heavy atom. The van der Waals surface area contributed by atoms with Gasteiger partial charge < -0.3 is 9.64 Å². The monoisotopic (exact) mass is 311 g/mol. The van der Waals surface area contributed by atoms with Crippen LogP contribution in [0.4, 0.5) is 0 Å². The fraction of sp³-hybridized carbons (Fsp3) is 0.824. The lowest BCUT2D eigenvalue weighted by molar-refractivity contribution is -0.147. The van der Waals surface area contributed by atoms with Crippen LogP contribution in [0, 0.1) is 17.3 Å². The van der Waals surface area contributed by atoms with Crippen molar-refractivity contribution in [3.8, 4) is 0 Å². The SMILES string of the molecule is CC(=O)OCC(C)(C)CC(=O)N1CC[C@H](C(C)C)[C@H]1C(C)=O. The van der Waals surface area contributed by atoms with Gasteiger partial charge in [-0.05, 0) is 25.2 Å². The largest absolute Gasteiger partial charge is 0.465 e. The Morgan fingerprint density at radius 2 is 1.82 bits per heavy atom. The first kappa shape index (κ1) is 18.7. The van der Waals surface area contributed by atoms with Crippen LogP contribution in [0.25, 0.3) is 0 Å². The van der Waals surface area contributed by atoms with Crippen molar-refractivity contribution in [1.82, 2.24) is 4.90 Å². The van der Waals surface area contributed by atoms with Gasteiger partial charge in [-0.2, -0.15) is 0 Å². The smallest absolute Gasteiger partial charge is 0.302 e. The van der Waals surface area contributed by atoms with Crippen LogP contribution in [0.3, 0.4) is 0 Å². The molecule has 0 radical (unpaired) electrons. The van der Waals surface area contributed by atoms with Crippen LogP contribution in [-0.2, 0) is 19.1 Å². The van der Waals surface area contributed by atoms with Crippen LogP contribution in [0.1, 0.15) is 54.4 Å². The first-order chi connectivity index (χ1) is 10.0. The van der Waals surface area contributed by atoms with E-state index >= 15 is 0 Å². The number of ketones is 1. The first-order valence-electron chi connectivity index (χ1n) is 7.98. The van der Waals surface area contributed by atoms with Crippen molar-refractivity contribution in [2.75, 3.05) is 13.2 Å². The van der Waals surface area contributed by atoms with Crippen molar-refractivity contribution in [1.29, 1.82) is 0 Å². The highest BCUT2D eigenvalue weighted by molar-refractivity contribution is 5.88. The zero-order valence-corrected chi connectivity index (χ0v) is 14.6. The molecule has 5 heteroatoms.